The number of para-hydroxylation sites is 1. The molecule has 2 N–H and O–H groups in total. The van der Waals surface area contributed by atoms with Crippen molar-refractivity contribution in [3.05, 3.63) is 65.2 Å². The summed E-state index contributed by atoms with van der Waals surface area (Å²) in [6.07, 6.45) is 0. The van der Waals surface area contributed by atoms with Crippen molar-refractivity contribution in [1.29, 1.82) is 0 Å². The van der Waals surface area contributed by atoms with Crippen LogP contribution in [0.15, 0.2) is 48.5 Å². The van der Waals surface area contributed by atoms with Gasteiger partial charge in [-0.3, -0.25) is 4.79 Å². The Morgan fingerprint density at radius 2 is 1.69 bits per heavy atom. The Bertz CT molecular complexity index is 803. The Balaban J connectivity index is 2.04. The molecule has 2 aromatic carbocycles. The summed E-state index contributed by atoms with van der Waals surface area (Å²) in [6, 6.07) is 13.2. The number of esters is 1. The zero-order valence-electron chi connectivity index (χ0n) is 14.9. The topological polar surface area (TPSA) is 87.7 Å². The molecule has 26 heavy (non-hydrogen) atoms. The van der Waals surface area contributed by atoms with Gasteiger partial charge < -0.3 is 20.3 Å². The number of benzene rings is 2. The average molecular weight is 355 g/mol. The molecular formula is C19H21N3O4. The lowest BCUT2D eigenvalue weighted by Gasteiger charge is -2.19. The van der Waals surface area contributed by atoms with E-state index in [1.54, 1.807) is 62.6 Å². The summed E-state index contributed by atoms with van der Waals surface area (Å²) in [7, 11) is 4.50. The molecule has 0 saturated carbocycles. The third kappa shape index (κ3) is 4.60. The summed E-state index contributed by atoms with van der Waals surface area (Å²) in [5, 5.41) is 5.26. The van der Waals surface area contributed by atoms with Crippen molar-refractivity contribution in [2.75, 3.05) is 26.5 Å². The van der Waals surface area contributed by atoms with E-state index in [0.29, 0.717) is 17.8 Å². The number of amides is 3. The van der Waals surface area contributed by atoms with Crippen LogP contribution in [-0.2, 0) is 11.3 Å². The predicted octanol–water partition coefficient (Wildman–Crippen LogP) is 2.50. The minimum Gasteiger partial charge on any atom is -0.465 e. The highest BCUT2D eigenvalue weighted by Gasteiger charge is 2.15. The van der Waals surface area contributed by atoms with Gasteiger partial charge in [0.15, 0.2) is 0 Å². The molecule has 0 aliphatic rings. The Morgan fingerprint density at radius 3 is 2.31 bits per heavy atom. The number of hydrogen-bond donors (Lipinski definition) is 2. The van der Waals surface area contributed by atoms with Gasteiger partial charge in [-0.1, -0.05) is 24.3 Å². The van der Waals surface area contributed by atoms with Crippen LogP contribution in [0.4, 0.5) is 10.5 Å². The molecule has 136 valence electrons. The highest BCUT2D eigenvalue weighted by molar-refractivity contribution is 6.00. The van der Waals surface area contributed by atoms with E-state index in [-0.39, 0.29) is 17.5 Å². The first-order valence-corrected chi connectivity index (χ1v) is 7.96. The Hall–Kier alpha value is -3.35. The number of carbonyl (C=O) groups is 3. The summed E-state index contributed by atoms with van der Waals surface area (Å²) in [5.41, 5.74) is 2.09. The number of nitrogens with zero attached hydrogens (tertiary/aromatic N) is 1. The first-order chi connectivity index (χ1) is 12.5. The van der Waals surface area contributed by atoms with Crippen LogP contribution in [0.5, 0.6) is 0 Å². The molecule has 2 rings (SSSR count). The van der Waals surface area contributed by atoms with Gasteiger partial charge >= 0.3 is 12.0 Å². The van der Waals surface area contributed by atoms with Crippen molar-refractivity contribution >= 4 is 23.6 Å². The average Bonchev–Trinajstić information content (AvgIpc) is 2.67. The van der Waals surface area contributed by atoms with Crippen LogP contribution >= 0.6 is 0 Å². The summed E-state index contributed by atoms with van der Waals surface area (Å²) < 4.78 is 4.72. The summed E-state index contributed by atoms with van der Waals surface area (Å²) in [5.74, 6) is -0.685. The molecule has 0 atom stereocenters. The molecule has 0 aliphatic heterocycles. The van der Waals surface area contributed by atoms with Crippen molar-refractivity contribution in [2.45, 2.75) is 6.54 Å². The van der Waals surface area contributed by atoms with Crippen LogP contribution in [0.25, 0.3) is 0 Å². The second-order valence-electron chi connectivity index (χ2n) is 5.60. The minimum atomic E-state index is -0.520. The van der Waals surface area contributed by atoms with Gasteiger partial charge in [0.1, 0.15) is 0 Å². The number of anilines is 1. The SMILES string of the molecule is CNC(=O)c1ccc(CN(C)C(=O)Nc2ccccc2C(=O)OC)cc1. The van der Waals surface area contributed by atoms with Crippen LogP contribution in [-0.4, -0.2) is 44.0 Å². The van der Waals surface area contributed by atoms with Crippen molar-refractivity contribution in [3.8, 4) is 0 Å². The van der Waals surface area contributed by atoms with Crippen LogP contribution in [0.3, 0.4) is 0 Å². The lowest BCUT2D eigenvalue weighted by molar-refractivity contribution is 0.0601. The van der Waals surface area contributed by atoms with E-state index in [0.717, 1.165) is 5.56 Å². The number of rotatable bonds is 5. The van der Waals surface area contributed by atoms with Gasteiger partial charge in [-0.15, -0.1) is 0 Å². The number of nitrogens with one attached hydrogen (secondary N) is 2. The maximum absolute atomic E-state index is 12.4. The molecule has 0 saturated heterocycles. The molecule has 0 heterocycles. The first-order valence-electron chi connectivity index (χ1n) is 7.96. The largest absolute Gasteiger partial charge is 0.465 e. The van der Waals surface area contributed by atoms with Crippen LogP contribution in [0.1, 0.15) is 26.3 Å². The van der Waals surface area contributed by atoms with Crippen molar-refractivity contribution < 1.29 is 19.1 Å². The maximum atomic E-state index is 12.4. The van der Waals surface area contributed by atoms with Gasteiger partial charge in [-0.05, 0) is 29.8 Å². The van der Waals surface area contributed by atoms with Crippen molar-refractivity contribution in [2.24, 2.45) is 0 Å². The zero-order chi connectivity index (χ0) is 19.1. The molecule has 7 heteroatoms. The van der Waals surface area contributed by atoms with Gasteiger partial charge in [-0.2, -0.15) is 0 Å². The maximum Gasteiger partial charge on any atom is 0.339 e. The van der Waals surface area contributed by atoms with E-state index in [1.165, 1.54) is 12.0 Å². The molecule has 0 spiro atoms. The van der Waals surface area contributed by atoms with Crippen LogP contribution in [0, 0.1) is 0 Å². The van der Waals surface area contributed by atoms with E-state index >= 15 is 0 Å². The summed E-state index contributed by atoms with van der Waals surface area (Å²) >= 11 is 0. The molecule has 3 amide bonds. The lowest BCUT2D eigenvalue weighted by atomic mass is 10.1. The number of methoxy groups -OCH3 is 1. The lowest BCUT2D eigenvalue weighted by Crippen LogP contribution is -2.31. The van der Waals surface area contributed by atoms with Gasteiger partial charge in [-0.25, -0.2) is 9.59 Å². The highest BCUT2D eigenvalue weighted by atomic mass is 16.5. The molecule has 0 bridgehead atoms. The molecule has 2 aromatic rings. The smallest absolute Gasteiger partial charge is 0.339 e. The fourth-order valence-electron chi connectivity index (χ4n) is 2.34. The quantitative estimate of drug-likeness (QED) is 0.807. The van der Waals surface area contributed by atoms with Crippen molar-refractivity contribution in [3.63, 3.8) is 0 Å². The molecule has 7 nitrogen and oxygen atoms in total. The molecule has 0 radical (unpaired) electrons. The number of carbonyl (C=O) groups excluding carboxylic acids is 3. The Kier molecular flexibility index (Phi) is 6.32. The van der Waals surface area contributed by atoms with Crippen LogP contribution in [0.2, 0.25) is 0 Å². The van der Waals surface area contributed by atoms with Crippen LogP contribution < -0.4 is 10.6 Å². The normalized spacial score (nSPS) is 9.96. The van der Waals surface area contributed by atoms with E-state index in [2.05, 4.69) is 10.6 Å². The fourth-order valence-corrected chi connectivity index (χ4v) is 2.34. The van der Waals surface area contributed by atoms with E-state index in [9.17, 15) is 14.4 Å². The molecule has 0 aromatic heterocycles. The van der Waals surface area contributed by atoms with E-state index < -0.39 is 5.97 Å². The molecular weight excluding hydrogens is 334 g/mol. The Morgan fingerprint density at radius 1 is 1.04 bits per heavy atom. The van der Waals surface area contributed by atoms with E-state index in [4.69, 9.17) is 4.74 Å². The third-order valence-corrected chi connectivity index (χ3v) is 3.78. The summed E-state index contributed by atoms with van der Waals surface area (Å²) in [4.78, 5) is 37.2. The highest BCUT2D eigenvalue weighted by Crippen LogP contribution is 2.17. The standard InChI is InChI=1S/C19H21N3O4/c1-20-17(23)14-10-8-13(9-11-14)12-22(2)19(25)21-16-7-5-4-6-15(16)18(24)26-3/h4-11H,12H2,1-3H3,(H,20,23)(H,21,25). The predicted molar refractivity (Wildman–Crippen MR) is 98.1 cm³/mol. The fraction of sp³-hybridized carbons (Fsp3) is 0.211. The van der Waals surface area contributed by atoms with E-state index in [1.807, 2.05) is 0 Å². The first kappa shape index (κ1) is 19.0. The third-order valence-electron chi connectivity index (χ3n) is 3.78. The number of hydrogen-bond acceptors (Lipinski definition) is 4. The van der Waals surface area contributed by atoms with Gasteiger partial charge in [0, 0.05) is 26.2 Å². The molecule has 0 fully saturated rings. The zero-order valence-corrected chi connectivity index (χ0v) is 14.9. The molecule has 0 aliphatic carbocycles. The number of urea groups is 1. The van der Waals surface area contributed by atoms with Crippen molar-refractivity contribution in [1.82, 2.24) is 10.2 Å². The van der Waals surface area contributed by atoms with Gasteiger partial charge in [0.05, 0.1) is 18.4 Å². The monoisotopic (exact) mass is 355 g/mol. The van der Waals surface area contributed by atoms with Gasteiger partial charge in [0.25, 0.3) is 5.91 Å². The summed E-state index contributed by atoms with van der Waals surface area (Å²) in [6.45, 7) is 0.347. The van der Waals surface area contributed by atoms with Gasteiger partial charge in [0.2, 0.25) is 0 Å². The molecule has 0 unspecified atom stereocenters. The minimum absolute atomic E-state index is 0.165. The Labute approximate surface area is 152 Å². The second-order valence-corrected chi connectivity index (χ2v) is 5.60. The number of ether oxygens (including phenoxy) is 1. The second kappa shape index (κ2) is 8.66.